The van der Waals surface area contributed by atoms with Crippen LogP contribution >= 0.6 is 0 Å². The molecule has 5 heteroatoms. The van der Waals surface area contributed by atoms with Crippen molar-refractivity contribution in [2.24, 2.45) is 0 Å². The first-order valence-electron chi connectivity index (χ1n) is 10.3. The average molecular weight is 402 g/mol. The van der Waals surface area contributed by atoms with Crippen molar-refractivity contribution in [1.29, 1.82) is 0 Å². The number of carbonyl (C=O) groups is 1. The summed E-state index contributed by atoms with van der Waals surface area (Å²) in [6.45, 7) is 9.10. The number of aryl methyl sites for hydroxylation is 2. The van der Waals surface area contributed by atoms with Crippen LogP contribution in [0, 0.1) is 13.8 Å². The molecule has 0 aliphatic heterocycles. The molecule has 0 atom stereocenters. The van der Waals surface area contributed by atoms with Crippen LogP contribution in [0.15, 0.2) is 59.5 Å². The molecule has 0 unspecified atom stereocenters. The van der Waals surface area contributed by atoms with Crippen molar-refractivity contribution in [1.82, 2.24) is 9.55 Å². The number of hydrogen-bond acceptors (Lipinski definition) is 3. The van der Waals surface area contributed by atoms with Gasteiger partial charge in [-0.2, -0.15) is 0 Å². The van der Waals surface area contributed by atoms with E-state index in [-0.39, 0.29) is 12.3 Å². The average Bonchev–Trinajstić information content (AvgIpc) is 3.32. The zero-order chi connectivity index (χ0) is 21.3. The van der Waals surface area contributed by atoms with E-state index in [1.165, 1.54) is 5.56 Å². The maximum absolute atomic E-state index is 12.7. The van der Waals surface area contributed by atoms with Crippen LogP contribution in [0.4, 0.5) is 5.69 Å². The van der Waals surface area contributed by atoms with Gasteiger partial charge in [0.1, 0.15) is 11.4 Å². The van der Waals surface area contributed by atoms with E-state index in [1.54, 1.807) is 6.26 Å². The van der Waals surface area contributed by atoms with E-state index in [0.717, 1.165) is 45.7 Å². The number of aromatic nitrogens is 2. The highest BCUT2D eigenvalue weighted by molar-refractivity contribution is 5.96. The van der Waals surface area contributed by atoms with Crippen LogP contribution in [-0.4, -0.2) is 15.5 Å². The van der Waals surface area contributed by atoms with Crippen LogP contribution in [-0.2, 0) is 17.8 Å². The van der Waals surface area contributed by atoms with Crippen LogP contribution < -0.4 is 5.32 Å². The van der Waals surface area contributed by atoms with E-state index in [2.05, 4.69) is 47.8 Å². The largest absolute Gasteiger partial charge is 0.464 e. The maximum atomic E-state index is 12.7. The minimum atomic E-state index is -0.0569. The Morgan fingerprint density at radius 1 is 1.20 bits per heavy atom. The summed E-state index contributed by atoms with van der Waals surface area (Å²) in [6, 6.07) is 12.1. The number of nitrogens with one attached hydrogen (secondary N) is 1. The first-order valence-corrected chi connectivity index (χ1v) is 10.3. The molecule has 5 nitrogen and oxygen atoms in total. The standard InChI is InChI=1S/C25H27N3O2/c1-16(2)25-26-10-11-28(25)14-19-6-5-7-21(12-19)27-23(29)13-20-15-30-24-18(4)17(3)8-9-22(20)24/h5-12,15-16H,13-14H2,1-4H3,(H,27,29). The summed E-state index contributed by atoms with van der Waals surface area (Å²) in [5.74, 6) is 1.36. The normalized spacial score (nSPS) is 11.4. The van der Waals surface area contributed by atoms with Crippen molar-refractivity contribution in [2.75, 3.05) is 5.32 Å². The van der Waals surface area contributed by atoms with Crippen molar-refractivity contribution in [3.8, 4) is 0 Å². The lowest BCUT2D eigenvalue weighted by Gasteiger charge is -2.12. The number of furan rings is 1. The molecule has 4 aromatic rings. The van der Waals surface area contributed by atoms with Gasteiger partial charge in [-0.15, -0.1) is 0 Å². The monoisotopic (exact) mass is 401 g/mol. The second kappa shape index (κ2) is 8.19. The van der Waals surface area contributed by atoms with E-state index in [9.17, 15) is 4.79 Å². The summed E-state index contributed by atoms with van der Waals surface area (Å²) in [5.41, 5.74) is 5.98. The highest BCUT2D eigenvalue weighted by Crippen LogP contribution is 2.27. The molecule has 0 bridgehead atoms. The van der Waals surface area contributed by atoms with E-state index in [0.29, 0.717) is 5.92 Å². The number of rotatable bonds is 6. The quantitative estimate of drug-likeness (QED) is 0.457. The second-order valence-corrected chi connectivity index (χ2v) is 8.14. The summed E-state index contributed by atoms with van der Waals surface area (Å²) in [4.78, 5) is 17.1. The maximum Gasteiger partial charge on any atom is 0.228 e. The number of nitrogens with zero attached hydrogens (tertiary/aromatic N) is 2. The number of benzene rings is 2. The first kappa shape index (κ1) is 20.0. The molecule has 1 amide bonds. The van der Waals surface area contributed by atoms with Gasteiger partial charge in [0.15, 0.2) is 0 Å². The topological polar surface area (TPSA) is 60.1 Å². The fourth-order valence-corrected chi connectivity index (χ4v) is 3.80. The van der Waals surface area contributed by atoms with Gasteiger partial charge in [0.25, 0.3) is 0 Å². The number of fused-ring (bicyclic) bond motifs is 1. The predicted octanol–water partition coefficient (Wildman–Crippen LogP) is 5.60. The van der Waals surface area contributed by atoms with Crippen molar-refractivity contribution in [3.05, 3.63) is 83.1 Å². The molecule has 0 aliphatic rings. The molecule has 0 saturated heterocycles. The van der Waals surface area contributed by atoms with Gasteiger partial charge in [0.2, 0.25) is 5.91 Å². The Hall–Kier alpha value is -3.34. The first-order chi connectivity index (χ1) is 14.4. The number of imidazole rings is 1. The molecule has 0 saturated carbocycles. The fraction of sp³-hybridized carbons (Fsp3) is 0.280. The molecule has 2 heterocycles. The Labute approximate surface area is 176 Å². The Morgan fingerprint density at radius 3 is 2.83 bits per heavy atom. The van der Waals surface area contributed by atoms with Gasteiger partial charge in [-0.1, -0.05) is 38.1 Å². The summed E-state index contributed by atoms with van der Waals surface area (Å²) in [5, 5.41) is 4.03. The minimum absolute atomic E-state index is 0.0569. The third-order valence-corrected chi connectivity index (χ3v) is 5.52. The lowest BCUT2D eigenvalue weighted by atomic mass is 10.0. The molecular formula is C25H27N3O2. The zero-order valence-corrected chi connectivity index (χ0v) is 17.9. The van der Waals surface area contributed by atoms with Gasteiger partial charge < -0.3 is 14.3 Å². The third-order valence-electron chi connectivity index (χ3n) is 5.52. The summed E-state index contributed by atoms with van der Waals surface area (Å²) < 4.78 is 7.88. The van der Waals surface area contributed by atoms with Crippen LogP contribution in [0.5, 0.6) is 0 Å². The van der Waals surface area contributed by atoms with Gasteiger partial charge in [-0.25, -0.2) is 4.98 Å². The van der Waals surface area contributed by atoms with Gasteiger partial charge >= 0.3 is 0 Å². The second-order valence-electron chi connectivity index (χ2n) is 8.14. The summed E-state index contributed by atoms with van der Waals surface area (Å²) in [6.07, 6.45) is 5.80. The molecule has 0 fully saturated rings. The van der Waals surface area contributed by atoms with Crippen LogP contribution in [0.1, 0.15) is 47.8 Å². The van der Waals surface area contributed by atoms with E-state index < -0.39 is 0 Å². The molecule has 2 aromatic carbocycles. The molecule has 30 heavy (non-hydrogen) atoms. The number of hydrogen-bond donors (Lipinski definition) is 1. The highest BCUT2D eigenvalue weighted by Gasteiger charge is 2.13. The van der Waals surface area contributed by atoms with Gasteiger partial charge in [0, 0.05) is 41.5 Å². The molecule has 154 valence electrons. The lowest BCUT2D eigenvalue weighted by Crippen LogP contribution is -2.14. The molecule has 1 N–H and O–H groups in total. The Bertz CT molecular complexity index is 1200. The molecule has 0 aliphatic carbocycles. The van der Waals surface area contributed by atoms with Gasteiger partial charge in [-0.3, -0.25) is 4.79 Å². The number of amides is 1. The van der Waals surface area contributed by atoms with Crippen LogP contribution in [0.2, 0.25) is 0 Å². The van der Waals surface area contributed by atoms with Gasteiger partial charge in [-0.05, 0) is 42.7 Å². The fourth-order valence-electron chi connectivity index (χ4n) is 3.80. The number of anilines is 1. The van der Waals surface area contributed by atoms with Crippen molar-refractivity contribution >= 4 is 22.6 Å². The predicted molar refractivity (Wildman–Crippen MR) is 120 cm³/mol. The van der Waals surface area contributed by atoms with E-state index in [4.69, 9.17) is 4.42 Å². The molecule has 4 rings (SSSR count). The Kier molecular flexibility index (Phi) is 5.44. The summed E-state index contributed by atoms with van der Waals surface area (Å²) in [7, 11) is 0. The smallest absolute Gasteiger partial charge is 0.228 e. The Morgan fingerprint density at radius 2 is 2.03 bits per heavy atom. The van der Waals surface area contributed by atoms with Crippen molar-refractivity contribution in [2.45, 2.75) is 46.6 Å². The van der Waals surface area contributed by atoms with Crippen LogP contribution in [0.3, 0.4) is 0 Å². The molecular weight excluding hydrogens is 374 g/mol. The third kappa shape index (κ3) is 4.01. The Balaban J connectivity index is 1.47. The highest BCUT2D eigenvalue weighted by atomic mass is 16.3. The summed E-state index contributed by atoms with van der Waals surface area (Å²) >= 11 is 0. The lowest BCUT2D eigenvalue weighted by molar-refractivity contribution is -0.115. The SMILES string of the molecule is Cc1ccc2c(CC(=O)Nc3cccc(Cn4ccnc4C(C)C)c3)coc2c1C. The molecule has 0 spiro atoms. The zero-order valence-electron chi connectivity index (χ0n) is 17.9. The minimum Gasteiger partial charge on any atom is -0.464 e. The van der Waals surface area contributed by atoms with Crippen molar-refractivity contribution < 1.29 is 9.21 Å². The molecule has 2 aromatic heterocycles. The van der Waals surface area contributed by atoms with E-state index >= 15 is 0 Å². The van der Waals surface area contributed by atoms with Crippen LogP contribution in [0.25, 0.3) is 11.0 Å². The van der Waals surface area contributed by atoms with Crippen molar-refractivity contribution in [3.63, 3.8) is 0 Å². The van der Waals surface area contributed by atoms with Gasteiger partial charge in [0.05, 0.1) is 12.7 Å². The molecule has 0 radical (unpaired) electrons. The van der Waals surface area contributed by atoms with E-state index in [1.807, 2.05) is 43.6 Å². The number of carbonyl (C=O) groups excluding carboxylic acids is 1.